The highest BCUT2D eigenvalue weighted by Crippen LogP contribution is 2.42. The number of aliphatic hydroxyl groups is 3. The Labute approximate surface area is 175 Å². The van der Waals surface area contributed by atoms with Gasteiger partial charge < -0.3 is 20.1 Å². The van der Waals surface area contributed by atoms with E-state index in [0.717, 1.165) is 31.2 Å². The number of nitrogens with zero attached hydrogens (tertiary/aromatic N) is 1. The molecule has 0 unspecified atom stereocenters. The lowest BCUT2D eigenvalue weighted by Crippen LogP contribution is -2.62. The minimum Gasteiger partial charge on any atom is -0.490 e. The Kier molecular flexibility index (Phi) is 6.64. The zero-order valence-electron chi connectivity index (χ0n) is 18.5. The summed E-state index contributed by atoms with van der Waals surface area (Å²) in [6, 6.07) is 7.70. The molecule has 1 aliphatic carbocycles. The maximum atomic E-state index is 11.2. The first-order valence-corrected chi connectivity index (χ1v) is 11.0. The second-order valence-corrected chi connectivity index (χ2v) is 10.6. The van der Waals surface area contributed by atoms with Gasteiger partial charge in [0.05, 0.1) is 11.7 Å². The van der Waals surface area contributed by atoms with E-state index in [1.807, 2.05) is 31.2 Å². The highest BCUT2D eigenvalue weighted by atomic mass is 16.5. The number of ether oxygens (including phenoxy) is 1. The molecular formula is C24H39NO4. The lowest BCUT2D eigenvalue weighted by molar-refractivity contribution is -0.151. The minimum absolute atomic E-state index is 0.0403. The van der Waals surface area contributed by atoms with Gasteiger partial charge in [-0.05, 0) is 68.1 Å². The molecule has 3 N–H and O–H groups in total. The molecule has 1 aromatic rings. The van der Waals surface area contributed by atoms with Gasteiger partial charge in [-0.1, -0.05) is 32.9 Å². The fourth-order valence-corrected chi connectivity index (χ4v) is 4.93. The normalized spacial score (nSPS) is 34.2. The van der Waals surface area contributed by atoms with Crippen molar-refractivity contribution in [2.75, 3.05) is 26.2 Å². The van der Waals surface area contributed by atoms with Gasteiger partial charge in [-0.3, -0.25) is 4.90 Å². The topological polar surface area (TPSA) is 73.2 Å². The number of piperidine rings is 1. The van der Waals surface area contributed by atoms with E-state index in [0.29, 0.717) is 37.7 Å². The van der Waals surface area contributed by atoms with Crippen molar-refractivity contribution in [2.45, 2.75) is 77.1 Å². The molecule has 1 aliphatic heterocycles. The van der Waals surface area contributed by atoms with Gasteiger partial charge in [0.1, 0.15) is 18.0 Å². The van der Waals surface area contributed by atoms with E-state index in [1.54, 1.807) is 0 Å². The molecule has 0 radical (unpaired) electrons. The number of hydrogen-bond acceptors (Lipinski definition) is 5. The Bertz CT molecular complexity index is 678. The zero-order chi connectivity index (χ0) is 21.3. The molecule has 0 amide bonds. The zero-order valence-corrected chi connectivity index (χ0v) is 18.5. The summed E-state index contributed by atoms with van der Waals surface area (Å²) in [5.74, 6) is 1.34. The van der Waals surface area contributed by atoms with Crippen molar-refractivity contribution in [3.63, 3.8) is 0 Å². The molecule has 164 valence electrons. The first-order valence-electron chi connectivity index (χ1n) is 11.0. The maximum Gasteiger partial charge on any atom is 0.137 e. The molecule has 0 spiro atoms. The first-order chi connectivity index (χ1) is 13.5. The average molecular weight is 406 g/mol. The summed E-state index contributed by atoms with van der Waals surface area (Å²) in [4.78, 5) is 2.10. The number of likely N-dealkylation sites (tertiary alicyclic amines) is 1. The largest absolute Gasteiger partial charge is 0.490 e. The van der Waals surface area contributed by atoms with Crippen LogP contribution >= 0.6 is 0 Å². The molecule has 2 atom stereocenters. The van der Waals surface area contributed by atoms with Gasteiger partial charge in [-0.2, -0.15) is 0 Å². The van der Waals surface area contributed by atoms with Gasteiger partial charge in [0.15, 0.2) is 0 Å². The molecule has 0 bridgehead atoms. The van der Waals surface area contributed by atoms with Crippen LogP contribution in [0.4, 0.5) is 0 Å². The fraction of sp³-hybridized carbons (Fsp3) is 0.750. The number of rotatable bonds is 5. The third kappa shape index (κ3) is 5.72. The number of β-amino-alcohol motifs (C(OH)–C–C–N with tert-alkyl or cyclic N) is 2. The van der Waals surface area contributed by atoms with Crippen molar-refractivity contribution in [3.8, 4) is 5.75 Å². The second kappa shape index (κ2) is 8.54. The molecule has 1 saturated heterocycles. The SMILES string of the molecule is Cc1cccc(OC[C@@]2(O)CN(CC3(O)CCC(C(C)(C)C)CC3)CC[C@@H]2O)c1. The highest BCUT2D eigenvalue weighted by Gasteiger charge is 2.45. The van der Waals surface area contributed by atoms with Crippen molar-refractivity contribution in [1.82, 2.24) is 4.90 Å². The Balaban J connectivity index is 1.57. The second-order valence-electron chi connectivity index (χ2n) is 10.6. The predicted octanol–water partition coefficient (Wildman–Crippen LogP) is 3.14. The lowest BCUT2D eigenvalue weighted by atomic mass is 9.68. The number of benzene rings is 1. The van der Waals surface area contributed by atoms with Crippen molar-refractivity contribution in [2.24, 2.45) is 11.3 Å². The van der Waals surface area contributed by atoms with Gasteiger partial charge in [0.2, 0.25) is 0 Å². The van der Waals surface area contributed by atoms with E-state index in [-0.39, 0.29) is 12.0 Å². The monoisotopic (exact) mass is 405 g/mol. The van der Waals surface area contributed by atoms with Gasteiger partial charge >= 0.3 is 0 Å². The lowest BCUT2D eigenvalue weighted by Gasteiger charge is -2.47. The molecule has 0 aromatic heterocycles. The number of aliphatic hydroxyl groups excluding tert-OH is 1. The smallest absolute Gasteiger partial charge is 0.137 e. The third-order valence-electron chi connectivity index (χ3n) is 6.97. The number of hydrogen-bond donors (Lipinski definition) is 3. The van der Waals surface area contributed by atoms with E-state index < -0.39 is 17.3 Å². The van der Waals surface area contributed by atoms with Crippen molar-refractivity contribution in [1.29, 1.82) is 0 Å². The predicted molar refractivity (Wildman–Crippen MR) is 115 cm³/mol. The first kappa shape index (κ1) is 22.5. The molecule has 1 aromatic carbocycles. The van der Waals surface area contributed by atoms with Crippen LogP contribution in [0.1, 0.15) is 58.4 Å². The minimum atomic E-state index is -1.33. The summed E-state index contributed by atoms with van der Waals surface area (Å²) in [6.07, 6.45) is 3.33. The van der Waals surface area contributed by atoms with Crippen LogP contribution in [0.25, 0.3) is 0 Å². The summed E-state index contributed by atoms with van der Waals surface area (Å²) in [5, 5.41) is 32.7. The fourth-order valence-electron chi connectivity index (χ4n) is 4.93. The summed E-state index contributed by atoms with van der Waals surface area (Å²) < 4.78 is 5.82. The molecule has 1 saturated carbocycles. The Morgan fingerprint density at radius 1 is 1.14 bits per heavy atom. The van der Waals surface area contributed by atoms with Crippen LogP contribution in [0.5, 0.6) is 5.75 Å². The van der Waals surface area contributed by atoms with Crippen LogP contribution in [0.15, 0.2) is 24.3 Å². The molecule has 2 aliphatic rings. The third-order valence-corrected chi connectivity index (χ3v) is 6.97. The van der Waals surface area contributed by atoms with Crippen molar-refractivity contribution in [3.05, 3.63) is 29.8 Å². The van der Waals surface area contributed by atoms with Crippen LogP contribution in [0.3, 0.4) is 0 Å². The van der Waals surface area contributed by atoms with E-state index in [4.69, 9.17) is 4.74 Å². The van der Waals surface area contributed by atoms with Crippen LogP contribution in [0.2, 0.25) is 0 Å². The van der Waals surface area contributed by atoms with Crippen molar-refractivity contribution >= 4 is 0 Å². The number of aryl methyl sites for hydroxylation is 1. The van der Waals surface area contributed by atoms with Crippen LogP contribution in [-0.2, 0) is 0 Å². The van der Waals surface area contributed by atoms with Gasteiger partial charge in [-0.25, -0.2) is 0 Å². The molecule has 3 rings (SSSR count). The van der Waals surface area contributed by atoms with Crippen LogP contribution in [-0.4, -0.2) is 63.8 Å². The Morgan fingerprint density at radius 2 is 1.83 bits per heavy atom. The maximum absolute atomic E-state index is 11.2. The van der Waals surface area contributed by atoms with E-state index in [1.165, 1.54) is 0 Å². The molecule has 5 nitrogen and oxygen atoms in total. The standard InChI is InChI=1S/C24H39NO4/c1-18-6-5-7-20(14-18)29-17-24(28)16-25(13-10-21(24)26)15-23(27)11-8-19(9-12-23)22(2,3)4/h5-7,14,19,21,26-28H,8-13,15-17H2,1-4H3/t19?,21-,23?,24-/m0/s1. The van der Waals surface area contributed by atoms with Crippen LogP contribution < -0.4 is 4.74 Å². The summed E-state index contributed by atoms with van der Waals surface area (Å²) >= 11 is 0. The molecule has 1 heterocycles. The van der Waals surface area contributed by atoms with Crippen LogP contribution in [0, 0.1) is 18.3 Å². The highest BCUT2D eigenvalue weighted by molar-refractivity contribution is 5.27. The molecule has 5 heteroatoms. The molecular weight excluding hydrogens is 366 g/mol. The molecule has 29 heavy (non-hydrogen) atoms. The Hall–Kier alpha value is -1.14. The van der Waals surface area contributed by atoms with Gasteiger partial charge in [0, 0.05) is 19.6 Å². The average Bonchev–Trinajstić information content (AvgIpc) is 2.63. The van der Waals surface area contributed by atoms with Crippen molar-refractivity contribution < 1.29 is 20.1 Å². The van der Waals surface area contributed by atoms with Gasteiger partial charge in [0.25, 0.3) is 0 Å². The van der Waals surface area contributed by atoms with E-state index in [2.05, 4.69) is 25.7 Å². The molecule has 2 fully saturated rings. The Morgan fingerprint density at radius 3 is 2.45 bits per heavy atom. The van der Waals surface area contributed by atoms with E-state index >= 15 is 0 Å². The quantitative estimate of drug-likeness (QED) is 0.702. The summed E-state index contributed by atoms with van der Waals surface area (Å²) in [5.41, 5.74) is -0.666. The van der Waals surface area contributed by atoms with E-state index in [9.17, 15) is 15.3 Å². The van der Waals surface area contributed by atoms with Gasteiger partial charge in [-0.15, -0.1) is 0 Å². The summed E-state index contributed by atoms with van der Waals surface area (Å²) in [6.45, 7) is 10.4. The summed E-state index contributed by atoms with van der Waals surface area (Å²) in [7, 11) is 0.